The van der Waals surface area contributed by atoms with Gasteiger partial charge in [0.15, 0.2) is 0 Å². The second kappa shape index (κ2) is 8.47. The Balaban J connectivity index is 1.65. The quantitative estimate of drug-likeness (QED) is 0.319. The molecular weight excluding hydrogens is 438 g/mol. The summed E-state index contributed by atoms with van der Waals surface area (Å²) in [5, 5.41) is 1.05. The van der Waals surface area contributed by atoms with E-state index < -0.39 is 29.1 Å². The summed E-state index contributed by atoms with van der Waals surface area (Å²) in [6.45, 7) is 2.49. The van der Waals surface area contributed by atoms with Gasteiger partial charge in [0.2, 0.25) is 0 Å². The first kappa shape index (κ1) is 22.5. The lowest BCUT2D eigenvalue weighted by Gasteiger charge is -2.42. The second-order valence-electron chi connectivity index (χ2n) is 9.43. The number of aromatic nitrogens is 1. The number of aldehydes is 1. The van der Waals surface area contributed by atoms with Gasteiger partial charge in [0.1, 0.15) is 17.9 Å². The standard InChI is InChI=1S/C27H26F2N2O3/c1-16-11-19-18-5-3-4-6-22(18)30-25(19)26(31(16)14-27(15-32)9-10-27)24-20(28)12-17(13-21(24)29)7-8-23(33)34-2/h3-8,12-13,15-16,26,30H,9-11,14H2,1-2H3/b8-7+/t16-,26-/m1/s1. The Bertz CT molecular complexity index is 1290. The Hall–Kier alpha value is -3.32. The van der Waals surface area contributed by atoms with Crippen molar-refractivity contribution < 1.29 is 23.1 Å². The maximum atomic E-state index is 15.6. The Kier molecular flexibility index (Phi) is 5.60. The molecule has 2 atom stereocenters. The van der Waals surface area contributed by atoms with Gasteiger partial charge in [-0.05, 0) is 61.6 Å². The number of halogens is 2. The molecule has 5 rings (SSSR count). The summed E-state index contributed by atoms with van der Waals surface area (Å²) in [7, 11) is 1.24. The van der Waals surface area contributed by atoms with Crippen molar-refractivity contribution in [2.24, 2.45) is 5.41 Å². The monoisotopic (exact) mass is 464 g/mol. The van der Waals surface area contributed by atoms with E-state index in [1.54, 1.807) is 0 Å². The molecule has 0 bridgehead atoms. The number of carbonyl (C=O) groups excluding carboxylic acids is 2. The lowest BCUT2D eigenvalue weighted by molar-refractivity contribution is -0.134. The summed E-state index contributed by atoms with van der Waals surface area (Å²) in [5.41, 5.74) is 2.44. The first-order valence-corrected chi connectivity index (χ1v) is 11.4. The van der Waals surface area contributed by atoms with Crippen molar-refractivity contribution in [1.29, 1.82) is 0 Å². The van der Waals surface area contributed by atoms with E-state index in [-0.39, 0.29) is 17.2 Å². The van der Waals surface area contributed by atoms with Crippen molar-refractivity contribution >= 4 is 29.2 Å². The average molecular weight is 465 g/mol. The van der Waals surface area contributed by atoms with E-state index in [9.17, 15) is 9.59 Å². The number of H-pyrrole nitrogens is 1. The van der Waals surface area contributed by atoms with Gasteiger partial charge in [-0.25, -0.2) is 13.6 Å². The minimum absolute atomic E-state index is 0.0215. The third-order valence-electron chi connectivity index (χ3n) is 7.14. The normalized spacial score (nSPS) is 21.5. The highest BCUT2D eigenvalue weighted by Crippen LogP contribution is 2.49. The highest BCUT2D eigenvalue weighted by Gasteiger charge is 2.48. The van der Waals surface area contributed by atoms with Gasteiger partial charge in [-0.1, -0.05) is 18.2 Å². The zero-order chi connectivity index (χ0) is 24.0. The van der Waals surface area contributed by atoms with Crippen LogP contribution in [0.15, 0.2) is 42.5 Å². The lowest BCUT2D eigenvalue weighted by atomic mass is 9.86. The lowest BCUT2D eigenvalue weighted by Crippen LogP contribution is -2.46. The number of hydrogen-bond acceptors (Lipinski definition) is 4. The highest BCUT2D eigenvalue weighted by molar-refractivity contribution is 5.87. The van der Waals surface area contributed by atoms with Crippen LogP contribution in [0.3, 0.4) is 0 Å². The van der Waals surface area contributed by atoms with Crippen molar-refractivity contribution in [3.8, 4) is 0 Å². The average Bonchev–Trinajstić information content (AvgIpc) is 3.51. The number of fused-ring (bicyclic) bond motifs is 3. The number of nitrogens with zero attached hydrogens (tertiary/aromatic N) is 1. The molecule has 34 heavy (non-hydrogen) atoms. The third kappa shape index (κ3) is 3.84. The number of methoxy groups -OCH3 is 1. The smallest absolute Gasteiger partial charge is 0.330 e. The molecule has 0 radical (unpaired) electrons. The van der Waals surface area contributed by atoms with Crippen molar-refractivity contribution in [1.82, 2.24) is 9.88 Å². The van der Waals surface area contributed by atoms with Gasteiger partial charge < -0.3 is 14.5 Å². The predicted molar refractivity (Wildman–Crippen MR) is 125 cm³/mol. The molecule has 1 aliphatic heterocycles. The molecule has 0 saturated heterocycles. The van der Waals surface area contributed by atoms with E-state index in [2.05, 4.69) is 14.6 Å². The molecule has 2 heterocycles. The Morgan fingerprint density at radius 2 is 1.94 bits per heavy atom. The summed E-state index contributed by atoms with van der Waals surface area (Å²) in [5.74, 6) is -2.01. The minimum atomic E-state index is -0.706. The van der Waals surface area contributed by atoms with E-state index in [0.717, 1.165) is 47.4 Å². The van der Waals surface area contributed by atoms with Crippen LogP contribution in [0, 0.1) is 17.0 Å². The molecule has 2 aromatic carbocycles. The fourth-order valence-corrected chi connectivity index (χ4v) is 5.10. The van der Waals surface area contributed by atoms with E-state index in [1.165, 1.54) is 25.3 Å². The van der Waals surface area contributed by atoms with Crippen LogP contribution in [-0.2, 0) is 20.7 Å². The van der Waals surface area contributed by atoms with Crippen LogP contribution in [0.2, 0.25) is 0 Å². The number of para-hydroxylation sites is 1. The molecule has 1 fully saturated rings. The van der Waals surface area contributed by atoms with Crippen molar-refractivity contribution in [2.75, 3.05) is 13.7 Å². The summed E-state index contributed by atoms with van der Waals surface area (Å²) in [6, 6.07) is 9.59. The molecule has 0 amide bonds. The molecule has 0 unspecified atom stereocenters. The number of rotatable bonds is 6. The van der Waals surface area contributed by atoms with Crippen LogP contribution >= 0.6 is 0 Å². The van der Waals surface area contributed by atoms with Crippen LogP contribution < -0.4 is 0 Å². The Morgan fingerprint density at radius 3 is 2.59 bits per heavy atom. The van der Waals surface area contributed by atoms with Gasteiger partial charge in [0, 0.05) is 46.2 Å². The molecule has 1 saturated carbocycles. The van der Waals surface area contributed by atoms with Crippen LogP contribution in [-0.4, -0.2) is 41.8 Å². The summed E-state index contributed by atoms with van der Waals surface area (Å²) in [6.07, 6.45) is 5.73. The maximum Gasteiger partial charge on any atom is 0.330 e. The minimum Gasteiger partial charge on any atom is -0.466 e. The van der Waals surface area contributed by atoms with E-state index in [4.69, 9.17) is 0 Å². The number of aromatic amines is 1. The molecule has 3 aromatic rings. The van der Waals surface area contributed by atoms with E-state index in [0.29, 0.717) is 13.0 Å². The zero-order valence-corrected chi connectivity index (χ0v) is 19.1. The predicted octanol–water partition coefficient (Wildman–Crippen LogP) is 4.95. The fourth-order valence-electron chi connectivity index (χ4n) is 5.10. The molecule has 1 N–H and O–H groups in total. The largest absolute Gasteiger partial charge is 0.466 e. The summed E-state index contributed by atoms with van der Waals surface area (Å²) < 4.78 is 35.7. The van der Waals surface area contributed by atoms with E-state index >= 15 is 8.78 Å². The van der Waals surface area contributed by atoms with Gasteiger partial charge in [0.25, 0.3) is 0 Å². The molecule has 0 spiro atoms. The number of nitrogens with one attached hydrogen (secondary N) is 1. The topological polar surface area (TPSA) is 62.4 Å². The number of esters is 1. The van der Waals surface area contributed by atoms with Crippen LogP contribution in [0.25, 0.3) is 17.0 Å². The number of benzene rings is 2. The third-order valence-corrected chi connectivity index (χ3v) is 7.14. The second-order valence-corrected chi connectivity index (χ2v) is 9.43. The Morgan fingerprint density at radius 1 is 1.24 bits per heavy atom. The van der Waals surface area contributed by atoms with Crippen molar-refractivity contribution in [2.45, 2.75) is 38.3 Å². The van der Waals surface area contributed by atoms with Gasteiger partial charge in [0.05, 0.1) is 13.2 Å². The maximum absolute atomic E-state index is 15.6. The molecule has 1 aromatic heterocycles. The van der Waals surface area contributed by atoms with Gasteiger partial charge in [-0.3, -0.25) is 4.90 Å². The molecule has 5 nitrogen and oxygen atoms in total. The van der Waals surface area contributed by atoms with Crippen LogP contribution in [0.1, 0.15) is 48.2 Å². The zero-order valence-electron chi connectivity index (χ0n) is 19.1. The van der Waals surface area contributed by atoms with Crippen LogP contribution in [0.4, 0.5) is 8.78 Å². The highest BCUT2D eigenvalue weighted by atomic mass is 19.1. The SMILES string of the molecule is COC(=O)/C=C/c1cc(F)c([C@@H]2c3[nH]c4ccccc4c3C[C@@H](C)N2CC2(C=O)CC2)c(F)c1. The molecular formula is C27H26F2N2O3. The molecule has 2 aliphatic rings. The van der Waals surface area contributed by atoms with Crippen molar-refractivity contribution in [3.05, 3.63) is 76.5 Å². The summed E-state index contributed by atoms with van der Waals surface area (Å²) >= 11 is 0. The summed E-state index contributed by atoms with van der Waals surface area (Å²) in [4.78, 5) is 28.7. The Labute approximate surface area is 196 Å². The van der Waals surface area contributed by atoms with E-state index in [1.807, 2.05) is 31.2 Å². The first-order valence-electron chi connectivity index (χ1n) is 11.4. The first-order chi connectivity index (χ1) is 16.4. The van der Waals surface area contributed by atoms with Gasteiger partial charge >= 0.3 is 5.97 Å². The fraction of sp³-hybridized carbons (Fsp3) is 0.333. The number of ether oxygens (including phenoxy) is 1. The molecule has 1 aliphatic carbocycles. The van der Waals surface area contributed by atoms with Crippen LogP contribution in [0.5, 0.6) is 0 Å². The van der Waals surface area contributed by atoms with Gasteiger partial charge in [-0.2, -0.15) is 0 Å². The molecule has 176 valence electrons. The number of hydrogen-bond donors (Lipinski definition) is 1. The van der Waals surface area contributed by atoms with Crippen molar-refractivity contribution in [3.63, 3.8) is 0 Å². The molecule has 7 heteroatoms. The number of carbonyl (C=O) groups is 2. The van der Waals surface area contributed by atoms with Gasteiger partial charge in [-0.15, -0.1) is 0 Å².